The van der Waals surface area contributed by atoms with Crippen LogP contribution in [-0.2, 0) is 0 Å². The molecule has 2 unspecified atom stereocenters. The Balaban J connectivity index is 1.40. The van der Waals surface area contributed by atoms with Gasteiger partial charge >= 0.3 is 0 Å². The highest BCUT2D eigenvalue weighted by molar-refractivity contribution is 5.02. The molecule has 2 atom stereocenters. The van der Waals surface area contributed by atoms with Crippen molar-refractivity contribution in [1.29, 1.82) is 0 Å². The van der Waals surface area contributed by atoms with E-state index < -0.39 is 0 Å². The monoisotopic (exact) mass is 318 g/mol. The van der Waals surface area contributed by atoms with E-state index in [9.17, 15) is 0 Å². The van der Waals surface area contributed by atoms with Gasteiger partial charge in [-0.05, 0) is 62.3 Å². The summed E-state index contributed by atoms with van der Waals surface area (Å²) in [6.45, 7) is 15.9. The second-order valence-electron chi connectivity index (χ2n) is 8.76. The predicted molar refractivity (Wildman–Crippen MR) is 99.4 cm³/mol. The van der Waals surface area contributed by atoms with Gasteiger partial charge in [-0.3, -0.25) is 0 Å². The number of rotatable bonds is 4. The highest BCUT2D eigenvalue weighted by atomic mass is 15.2. The minimum atomic E-state index is 0.796. The fourth-order valence-corrected chi connectivity index (χ4v) is 4.98. The molecule has 2 heterocycles. The lowest BCUT2D eigenvalue weighted by Gasteiger charge is -2.41. The number of piperidine rings is 2. The van der Waals surface area contributed by atoms with Crippen molar-refractivity contribution in [3.8, 4) is 0 Å². The van der Waals surface area contributed by atoms with Gasteiger partial charge < -0.3 is 9.80 Å². The summed E-state index contributed by atoms with van der Waals surface area (Å²) in [4.78, 5) is 5.38. The second-order valence-corrected chi connectivity index (χ2v) is 8.76. The zero-order valence-electron chi connectivity index (χ0n) is 15.6. The van der Waals surface area contributed by atoms with Crippen molar-refractivity contribution in [2.45, 2.75) is 65.2 Å². The number of hydrogen-bond donors (Lipinski definition) is 0. The lowest BCUT2D eigenvalue weighted by molar-refractivity contribution is 0.0983. The van der Waals surface area contributed by atoms with Crippen LogP contribution in [0.4, 0.5) is 0 Å². The van der Waals surface area contributed by atoms with Crippen LogP contribution in [0.15, 0.2) is 12.3 Å². The molecule has 0 spiro atoms. The molecule has 0 radical (unpaired) electrons. The van der Waals surface area contributed by atoms with E-state index in [2.05, 4.69) is 30.2 Å². The van der Waals surface area contributed by atoms with Gasteiger partial charge in [0.2, 0.25) is 0 Å². The molecule has 0 bridgehead atoms. The van der Waals surface area contributed by atoms with Crippen LogP contribution in [0.2, 0.25) is 0 Å². The maximum absolute atomic E-state index is 4.48. The average Bonchev–Trinajstić information content (AvgIpc) is 2.59. The van der Waals surface area contributed by atoms with E-state index in [1.807, 2.05) is 0 Å². The Bertz CT molecular complexity index is 377. The van der Waals surface area contributed by atoms with Crippen LogP contribution >= 0.6 is 0 Å². The standard InChI is InChI=1S/C21H38N2/c1-17-9-12-22(15-18(17)2)16-20-10-13-23(14-11-20)19(3)21-7-5-4-6-8-21/h17-18,20-21H,3-16H2,1-2H3. The van der Waals surface area contributed by atoms with Crippen molar-refractivity contribution in [2.75, 3.05) is 32.7 Å². The smallest absolute Gasteiger partial charge is 0.0178 e. The van der Waals surface area contributed by atoms with Gasteiger partial charge in [-0.1, -0.05) is 39.7 Å². The van der Waals surface area contributed by atoms with Crippen LogP contribution in [0.1, 0.15) is 65.2 Å². The van der Waals surface area contributed by atoms with Crippen molar-refractivity contribution in [2.24, 2.45) is 23.7 Å². The first-order valence-electron chi connectivity index (χ1n) is 10.3. The maximum Gasteiger partial charge on any atom is 0.0178 e. The normalized spacial score (nSPS) is 32.2. The molecule has 1 aliphatic carbocycles. The Morgan fingerprint density at radius 2 is 1.57 bits per heavy atom. The Kier molecular flexibility index (Phi) is 6.07. The molecule has 2 nitrogen and oxygen atoms in total. The third-order valence-electron chi connectivity index (χ3n) is 7.03. The Morgan fingerprint density at radius 1 is 0.870 bits per heavy atom. The summed E-state index contributed by atoms with van der Waals surface area (Å²) >= 11 is 0. The molecule has 3 aliphatic rings. The van der Waals surface area contributed by atoms with Gasteiger partial charge in [-0.2, -0.15) is 0 Å². The summed E-state index contributed by atoms with van der Waals surface area (Å²) in [6.07, 6.45) is 11.2. The van der Waals surface area contributed by atoms with Gasteiger partial charge in [0.05, 0.1) is 0 Å². The van der Waals surface area contributed by atoms with Crippen LogP contribution in [0, 0.1) is 23.7 Å². The first-order chi connectivity index (χ1) is 11.1. The van der Waals surface area contributed by atoms with Crippen molar-refractivity contribution in [3.63, 3.8) is 0 Å². The van der Waals surface area contributed by atoms with E-state index in [4.69, 9.17) is 0 Å². The molecule has 0 aromatic heterocycles. The minimum absolute atomic E-state index is 0.796. The zero-order valence-corrected chi connectivity index (χ0v) is 15.6. The molecule has 3 rings (SSSR count). The molecule has 0 amide bonds. The summed E-state index contributed by atoms with van der Waals surface area (Å²) in [5, 5.41) is 0. The summed E-state index contributed by atoms with van der Waals surface area (Å²) in [5.74, 6) is 3.53. The number of hydrogen-bond acceptors (Lipinski definition) is 2. The first kappa shape index (κ1) is 17.3. The first-order valence-corrected chi connectivity index (χ1v) is 10.3. The molecular weight excluding hydrogens is 280 g/mol. The number of nitrogens with zero attached hydrogens (tertiary/aromatic N) is 2. The SMILES string of the molecule is C=C(C1CCCCC1)N1CCC(CN2CCC(C)C(C)C2)CC1. The van der Waals surface area contributed by atoms with E-state index in [0.29, 0.717) is 0 Å². The third kappa shape index (κ3) is 4.53. The van der Waals surface area contributed by atoms with E-state index in [-0.39, 0.29) is 0 Å². The molecule has 2 heteroatoms. The zero-order chi connectivity index (χ0) is 16.2. The molecule has 132 valence electrons. The molecule has 2 aliphatic heterocycles. The molecule has 0 aromatic carbocycles. The fourth-order valence-electron chi connectivity index (χ4n) is 4.98. The summed E-state index contributed by atoms with van der Waals surface area (Å²) in [7, 11) is 0. The van der Waals surface area contributed by atoms with Crippen molar-refractivity contribution in [3.05, 3.63) is 12.3 Å². The quantitative estimate of drug-likeness (QED) is 0.736. The van der Waals surface area contributed by atoms with Crippen LogP contribution < -0.4 is 0 Å². The van der Waals surface area contributed by atoms with Gasteiger partial charge in [0.25, 0.3) is 0 Å². The predicted octanol–water partition coefficient (Wildman–Crippen LogP) is 4.77. The average molecular weight is 319 g/mol. The minimum Gasteiger partial charge on any atom is -0.375 e. The molecule has 2 saturated heterocycles. The van der Waals surface area contributed by atoms with Crippen molar-refractivity contribution >= 4 is 0 Å². The summed E-state index contributed by atoms with van der Waals surface area (Å²) in [5.41, 5.74) is 1.48. The summed E-state index contributed by atoms with van der Waals surface area (Å²) in [6, 6.07) is 0. The molecule has 0 N–H and O–H groups in total. The molecular formula is C21H38N2. The van der Waals surface area contributed by atoms with E-state index >= 15 is 0 Å². The molecule has 1 saturated carbocycles. The van der Waals surface area contributed by atoms with E-state index in [1.165, 1.54) is 89.8 Å². The third-order valence-corrected chi connectivity index (χ3v) is 7.03. The van der Waals surface area contributed by atoms with Crippen molar-refractivity contribution in [1.82, 2.24) is 9.80 Å². The maximum atomic E-state index is 4.48. The largest absolute Gasteiger partial charge is 0.375 e. The molecule has 3 fully saturated rings. The Hall–Kier alpha value is -0.500. The Morgan fingerprint density at radius 3 is 2.22 bits per heavy atom. The lowest BCUT2D eigenvalue weighted by Crippen LogP contribution is -2.44. The topological polar surface area (TPSA) is 6.48 Å². The highest BCUT2D eigenvalue weighted by Gasteiger charge is 2.28. The van der Waals surface area contributed by atoms with Crippen LogP contribution in [0.5, 0.6) is 0 Å². The van der Waals surface area contributed by atoms with Gasteiger partial charge in [0.1, 0.15) is 0 Å². The Labute approximate surface area is 144 Å². The van der Waals surface area contributed by atoms with Crippen LogP contribution in [-0.4, -0.2) is 42.5 Å². The van der Waals surface area contributed by atoms with E-state index in [1.54, 1.807) is 0 Å². The van der Waals surface area contributed by atoms with Crippen molar-refractivity contribution < 1.29 is 0 Å². The second kappa shape index (κ2) is 8.05. The van der Waals surface area contributed by atoms with Gasteiger partial charge in [-0.15, -0.1) is 0 Å². The lowest BCUT2D eigenvalue weighted by atomic mass is 9.85. The van der Waals surface area contributed by atoms with Crippen LogP contribution in [0.3, 0.4) is 0 Å². The van der Waals surface area contributed by atoms with Gasteiger partial charge in [0, 0.05) is 31.9 Å². The number of likely N-dealkylation sites (tertiary alicyclic amines) is 2. The molecule has 23 heavy (non-hydrogen) atoms. The van der Waals surface area contributed by atoms with Gasteiger partial charge in [0.15, 0.2) is 0 Å². The van der Waals surface area contributed by atoms with Gasteiger partial charge in [-0.25, -0.2) is 0 Å². The van der Waals surface area contributed by atoms with E-state index in [0.717, 1.165) is 23.7 Å². The summed E-state index contributed by atoms with van der Waals surface area (Å²) < 4.78 is 0. The molecule has 0 aromatic rings. The van der Waals surface area contributed by atoms with Crippen LogP contribution in [0.25, 0.3) is 0 Å². The highest BCUT2D eigenvalue weighted by Crippen LogP contribution is 2.33. The fraction of sp³-hybridized carbons (Fsp3) is 0.905. The number of allylic oxidation sites excluding steroid dienone is 1.